The standard InChI is InChI=1S/C22H36N2OSi2/c1-7-23(8-2)26(5,21-17-13-11-14-18-21)25-27(6,24(9-3)10-4)22-19-15-12-16-20-22/h11-20H,7-10H2,1-6H3. The second kappa shape index (κ2) is 9.80. The molecule has 0 aliphatic rings. The second-order valence-corrected chi connectivity index (χ2v) is 14.3. The van der Waals surface area contributed by atoms with E-state index in [2.05, 4.69) is 111 Å². The van der Waals surface area contributed by atoms with Crippen molar-refractivity contribution in [2.45, 2.75) is 40.8 Å². The molecule has 2 unspecified atom stereocenters. The topological polar surface area (TPSA) is 15.7 Å². The lowest BCUT2D eigenvalue weighted by atomic mass is 10.4. The molecular weight excluding hydrogens is 364 g/mol. The minimum absolute atomic E-state index is 1.01. The van der Waals surface area contributed by atoms with Crippen LogP contribution in [0, 0.1) is 0 Å². The summed E-state index contributed by atoms with van der Waals surface area (Å²) in [6.45, 7) is 17.8. The normalized spacial score (nSPS) is 16.3. The molecule has 0 aliphatic carbocycles. The van der Waals surface area contributed by atoms with Gasteiger partial charge in [0.15, 0.2) is 0 Å². The van der Waals surface area contributed by atoms with E-state index >= 15 is 0 Å². The third-order valence-electron chi connectivity index (χ3n) is 5.75. The quantitative estimate of drug-likeness (QED) is 0.566. The van der Waals surface area contributed by atoms with E-state index < -0.39 is 17.0 Å². The van der Waals surface area contributed by atoms with Gasteiger partial charge >= 0.3 is 0 Å². The van der Waals surface area contributed by atoms with Crippen molar-refractivity contribution >= 4 is 27.3 Å². The fraction of sp³-hybridized carbons (Fsp3) is 0.455. The number of benzene rings is 2. The SMILES string of the molecule is CCN(CC)[Si](C)(O[Si](C)(c1ccccc1)N(CC)CC)c1ccccc1. The second-order valence-electron chi connectivity index (χ2n) is 7.14. The van der Waals surface area contributed by atoms with Gasteiger partial charge in [0.1, 0.15) is 0 Å². The fourth-order valence-corrected chi connectivity index (χ4v) is 14.0. The Hall–Kier alpha value is -1.25. The summed E-state index contributed by atoms with van der Waals surface area (Å²) in [5.74, 6) is 0. The maximum Gasteiger partial charge on any atom is 0.292 e. The average molecular weight is 401 g/mol. The van der Waals surface area contributed by atoms with Gasteiger partial charge in [0.25, 0.3) is 17.0 Å². The van der Waals surface area contributed by atoms with Gasteiger partial charge in [0.2, 0.25) is 0 Å². The Kier molecular flexibility index (Phi) is 8.00. The van der Waals surface area contributed by atoms with Gasteiger partial charge in [-0.1, -0.05) is 88.4 Å². The first-order chi connectivity index (χ1) is 13.0. The molecule has 0 N–H and O–H groups in total. The zero-order valence-electron chi connectivity index (χ0n) is 17.9. The highest BCUT2D eigenvalue weighted by Gasteiger charge is 2.48. The van der Waals surface area contributed by atoms with Crippen molar-refractivity contribution in [3.63, 3.8) is 0 Å². The van der Waals surface area contributed by atoms with Gasteiger partial charge in [-0.2, -0.15) is 0 Å². The monoisotopic (exact) mass is 400 g/mol. The molecule has 0 saturated heterocycles. The van der Waals surface area contributed by atoms with Crippen LogP contribution in [0.3, 0.4) is 0 Å². The van der Waals surface area contributed by atoms with Crippen LogP contribution in [0.2, 0.25) is 13.1 Å². The van der Waals surface area contributed by atoms with E-state index in [1.165, 1.54) is 10.4 Å². The smallest absolute Gasteiger partial charge is 0.292 e. The van der Waals surface area contributed by atoms with Crippen molar-refractivity contribution in [2.24, 2.45) is 0 Å². The number of nitrogens with zero attached hydrogens (tertiary/aromatic N) is 2. The summed E-state index contributed by atoms with van der Waals surface area (Å²) in [4.78, 5) is 0. The van der Waals surface area contributed by atoms with Gasteiger partial charge in [-0.25, -0.2) is 0 Å². The minimum Gasteiger partial charge on any atom is -0.426 e. The minimum atomic E-state index is -2.32. The molecule has 0 saturated carbocycles. The zero-order chi connectivity index (χ0) is 19.9. The van der Waals surface area contributed by atoms with Crippen LogP contribution in [-0.4, -0.2) is 52.3 Å². The molecule has 2 aromatic carbocycles. The molecule has 2 rings (SSSR count). The third-order valence-corrected chi connectivity index (χ3v) is 15.4. The third kappa shape index (κ3) is 4.61. The number of hydrogen-bond donors (Lipinski definition) is 0. The first-order valence-corrected chi connectivity index (χ1v) is 15.0. The Bertz CT molecular complexity index is 618. The summed E-state index contributed by atoms with van der Waals surface area (Å²) in [5.41, 5.74) is 0. The summed E-state index contributed by atoms with van der Waals surface area (Å²) < 4.78 is 12.6. The molecule has 27 heavy (non-hydrogen) atoms. The van der Waals surface area contributed by atoms with E-state index in [4.69, 9.17) is 4.12 Å². The van der Waals surface area contributed by atoms with Crippen molar-refractivity contribution in [1.29, 1.82) is 0 Å². The lowest BCUT2D eigenvalue weighted by Gasteiger charge is -2.47. The summed E-state index contributed by atoms with van der Waals surface area (Å²) in [6, 6.07) is 21.8. The number of rotatable bonds is 10. The van der Waals surface area contributed by atoms with E-state index in [1.54, 1.807) is 0 Å². The van der Waals surface area contributed by atoms with Gasteiger partial charge < -0.3 is 13.2 Å². The van der Waals surface area contributed by atoms with Crippen molar-refractivity contribution < 1.29 is 4.12 Å². The molecule has 0 amide bonds. The van der Waals surface area contributed by atoms with Gasteiger partial charge in [0.05, 0.1) is 0 Å². The van der Waals surface area contributed by atoms with Crippen molar-refractivity contribution in [3.8, 4) is 0 Å². The van der Waals surface area contributed by atoms with Crippen LogP contribution < -0.4 is 10.4 Å². The summed E-state index contributed by atoms with van der Waals surface area (Å²) in [7, 11) is -4.63. The molecule has 0 heterocycles. The predicted molar refractivity (Wildman–Crippen MR) is 122 cm³/mol. The fourth-order valence-electron chi connectivity index (χ4n) is 4.15. The van der Waals surface area contributed by atoms with Gasteiger partial charge in [-0.15, -0.1) is 0 Å². The van der Waals surface area contributed by atoms with Crippen LogP contribution in [0.5, 0.6) is 0 Å². The molecule has 0 radical (unpaired) electrons. The van der Waals surface area contributed by atoms with Crippen LogP contribution in [0.4, 0.5) is 0 Å². The molecule has 5 heteroatoms. The number of hydrogen-bond acceptors (Lipinski definition) is 3. The summed E-state index contributed by atoms with van der Waals surface area (Å²) >= 11 is 0. The maximum atomic E-state index is 7.42. The average Bonchev–Trinajstić information content (AvgIpc) is 2.71. The van der Waals surface area contributed by atoms with E-state index in [0.717, 1.165) is 26.2 Å². The highest BCUT2D eigenvalue weighted by Crippen LogP contribution is 2.22. The van der Waals surface area contributed by atoms with Gasteiger partial charge in [-0.05, 0) is 49.6 Å². The zero-order valence-corrected chi connectivity index (χ0v) is 19.9. The molecule has 0 bridgehead atoms. The highest BCUT2D eigenvalue weighted by molar-refractivity contribution is 6.95. The van der Waals surface area contributed by atoms with Crippen molar-refractivity contribution in [3.05, 3.63) is 60.7 Å². The Morgan fingerprint density at radius 1 is 0.593 bits per heavy atom. The predicted octanol–water partition coefficient (Wildman–Crippen LogP) is 3.65. The van der Waals surface area contributed by atoms with Crippen molar-refractivity contribution in [2.75, 3.05) is 26.2 Å². The molecule has 0 aromatic heterocycles. The van der Waals surface area contributed by atoms with E-state index in [-0.39, 0.29) is 0 Å². The molecule has 2 atom stereocenters. The summed E-state index contributed by atoms with van der Waals surface area (Å²) in [6.07, 6.45) is 0. The molecular formula is C22H36N2OSi2. The molecule has 148 valence electrons. The largest absolute Gasteiger partial charge is 0.426 e. The van der Waals surface area contributed by atoms with Gasteiger partial charge in [-0.3, -0.25) is 0 Å². The Morgan fingerprint density at radius 3 is 1.15 bits per heavy atom. The molecule has 2 aromatic rings. The molecule has 0 spiro atoms. The lowest BCUT2D eigenvalue weighted by molar-refractivity contribution is 0.332. The van der Waals surface area contributed by atoms with E-state index in [0.29, 0.717) is 0 Å². The van der Waals surface area contributed by atoms with E-state index in [1.807, 2.05) is 0 Å². The van der Waals surface area contributed by atoms with Crippen molar-refractivity contribution in [1.82, 2.24) is 9.13 Å². The van der Waals surface area contributed by atoms with Crippen LogP contribution in [-0.2, 0) is 4.12 Å². The molecule has 3 nitrogen and oxygen atoms in total. The Balaban J connectivity index is 2.60. The van der Waals surface area contributed by atoms with Gasteiger partial charge in [0, 0.05) is 0 Å². The van der Waals surface area contributed by atoms with Crippen LogP contribution in [0.15, 0.2) is 60.7 Å². The van der Waals surface area contributed by atoms with Crippen LogP contribution in [0.1, 0.15) is 27.7 Å². The van der Waals surface area contributed by atoms with Crippen LogP contribution in [0.25, 0.3) is 0 Å². The summed E-state index contributed by atoms with van der Waals surface area (Å²) in [5, 5.41) is 2.71. The maximum absolute atomic E-state index is 7.42. The Morgan fingerprint density at radius 2 is 0.889 bits per heavy atom. The highest BCUT2D eigenvalue weighted by atomic mass is 28.4. The Labute approximate surface area is 168 Å². The van der Waals surface area contributed by atoms with E-state index in [9.17, 15) is 0 Å². The van der Waals surface area contributed by atoms with Crippen LogP contribution >= 0.6 is 0 Å². The molecule has 0 fully saturated rings. The lowest BCUT2D eigenvalue weighted by Crippen LogP contribution is -2.73. The molecule has 0 aliphatic heterocycles. The first-order valence-electron chi connectivity index (χ1n) is 10.3. The first kappa shape index (κ1) is 22.0.